The van der Waals surface area contributed by atoms with Gasteiger partial charge in [0.25, 0.3) is 0 Å². The lowest BCUT2D eigenvalue weighted by Gasteiger charge is -2.21. The normalized spacial score (nSPS) is 12.9. The standard InChI is InChI=1S/C27H32O6/c1-6-24(28)32-18(4)15-30-26-20-10-8-9-11-21(20)27(23-14-17(3)12-13-22(23)26)31-16-19(5)33-25(29)7-2/h8-14,18-19H,6-7,15-16H2,1-5H3. The maximum atomic E-state index is 11.6. The number of fused-ring (bicyclic) bond motifs is 2. The second kappa shape index (κ2) is 11.0. The van der Waals surface area contributed by atoms with Gasteiger partial charge in [-0.2, -0.15) is 0 Å². The average Bonchev–Trinajstić information content (AvgIpc) is 2.80. The summed E-state index contributed by atoms with van der Waals surface area (Å²) in [7, 11) is 0. The number of benzene rings is 3. The van der Waals surface area contributed by atoms with Crippen LogP contribution in [0.4, 0.5) is 0 Å². The molecule has 0 aliphatic heterocycles. The molecule has 0 aliphatic carbocycles. The van der Waals surface area contributed by atoms with Crippen LogP contribution in [-0.4, -0.2) is 37.4 Å². The molecule has 3 aromatic rings. The highest BCUT2D eigenvalue weighted by atomic mass is 16.6. The molecule has 0 spiro atoms. The van der Waals surface area contributed by atoms with E-state index in [-0.39, 0.29) is 37.4 Å². The van der Waals surface area contributed by atoms with Gasteiger partial charge in [-0.15, -0.1) is 0 Å². The molecule has 6 heteroatoms. The molecule has 2 unspecified atom stereocenters. The fourth-order valence-corrected chi connectivity index (χ4v) is 3.61. The lowest BCUT2D eigenvalue weighted by Crippen LogP contribution is -2.22. The number of esters is 2. The van der Waals surface area contributed by atoms with Crippen LogP contribution in [0.25, 0.3) is 21.5 Å². The molecule has 176 valence electrons. The molecule has 33 heavy (non-hydrogen) atoms. The molecule has 0 bridgehead atoms. The van der Waals surface area contributed by atoms with Gasteiger partial charge < -0.3 is 18.9 Å². The van der Waals surface area contributed by atoms with Crippen molar-refractivity contribution in [3.8, 4) is 11.5 Å². The predicted molar refractivity (Wildman–Crippen MR) is 129 cm³/mol. The molecule has 0 saturated carbocycles. The summed E-state index contributed by atoms with van der Waals surface area (Å²) < 4.78 is 23.2. The number of ether oxygens (including phenoxy) is 4. The van der Waals surface area contributed by atoms with Gasteiger partial charge >= 0.3 is 11.9 Å². The summed E-state index contributed by atoms with van der Waals surface area (Å²) in [5, 5.41) is 3.62. The summed E-state index contributed by atoms with van der Waals surface area (Å²) in [6.45, 7) is 9.67. The van der Waals surface area contributed by atoms with Gasteiger partial charge in [0, 0.05) is 34.4 Å². The van der Waals surface area contributed by atoms with Crippen LogP contribution in [-0.2, 0) is 19.1 Å². The van der Waals surface area contributed by atoms with Crippen molar-refractivity contribution in [2.75, 3.05) is 13.2 Å². The molecule has 2 atom stereocenters. The Bertz CT molecular complexity index is 1140. The Morgan fingerprint density at radius 2 is 1.18 bits per heavy atom. The molecule has 0 fully saturated rings. The van der Waals surface area contributed by atoms with E-state index in [0.29, 0.717) is 12.8 Å². The minimum Gasteiger partial charge on any atom is -0.488 e. The average molecular weight is 453 g/mol. The number of hydrogen-bond acceptors (Lipinski definition) is 6. The first-order valence-electron chi connectivity index (χ1n) is 11.4. The number of aryl methyl sites for hydroxylation is 1. The van der Waals surface area contributed by atoms with E-state index >= 15 is 0 Å². The SMILES string of the molecule is CCC(=O)OC(C)COc1c2ccccc2c(OCC(C)OC(=O)CC)c2cc(C)ccc12. The summed E-state index contributed by atoms with van der Waals surface area (Å²) in [6, 6.07) is 14.0. The van der Waals surface area contributed by atoms with E-state index < -0.39 is 0 Å². The first-order chi connectivity index (χ1) is 15.8. The summed E-state index contributed by atoms with van der Waals surface area (Å²) in [5.74, 6) is 0.940. The van der Waals surface area contributed by atoms with E-state index in [9.17, 15) is 9.59 Å². The topological polar surface area (TPSA) is 71.1 Å². The maximum Gasteiger partial charge on any atom is 0.305 e. The van der Waals surface area contributed by atoms with Gasteiger partial charge in [0.2, 0.25) is 0 Å². The van der Waals surface area contributed by atoms with Crippen LogP contribution < -0.4 is 9.47 Å². The molecule has 0 aliphatic rings. The van der Waals surface area contributed by atoms with E-state index in [4.69, 9.17) is 18.9 Å². The second-order valence-electron chi connectivity index (χ2n) is 8.18. The lowest BCUT2D eigenvalue weighted by molar-refractivity contribution is -0.150. The van der Waals surface area contributed by atoms with Crippen LogP contribution in [0.5, 0.6) is 11.5 Å². The predicted octanol–water partition coefficient (Wildman–Crippen LogP) is 5.74. The van der Waals surface area contributed by atoms with Gasteiger partial charge in [-0.1, -0.05) is 55.8 Å². The van der Waals surface area contributed by atoms with Crippen molar-refractivity contribution in [2.45, 2.75) is 59.7 Å². The Kier molecular flexibility index (Phi) is 8.15. The highest BCUT2D eigenvalue weighted by molar-refractivity contribution is 6.11. The number of rotatable bonds is 10. The molecular weight excluding hydrogens is 420 g/mol. The van der Waals surface area contributed by atoms with Crippen LogP contribution in [0.2, 0.25) is 0 Å². The second-order valence-corrected chi connectivity index (χ2v) is 8.18. The van der Waals surface area contributed by atoms with Crippen LogP contribution in [0.1, 0.15) is 46.1 Å². The molecule has 0 amide bonds. The lowest BCUT2D eigenvalue weighted by atomic mass is 9.99. The summed E-state index contributed by atoms with van der Waals surface area (Å²) in [5.41, 5.74) is 1.09. The van der Waals surface area contributed by atoms with Crippen molar-refractivity contribution in [1.82, 2.24) is 0 Å². The minimum absolute atomic E-state index is 0.239. The molecule has 0 heterocycles. The number of hydrogen-bond donors (Lipinski definition) is 0. The molecule has 6 nitrogen and oxygen atoms in total. The first-order valence-corrected chi connectivity index (χ1v) is 11.4. The maximum absolute atomic E-state index is 11.6. The fourth-order valence-electron chi connectivity index (χ4n) is 3.61. The monoisotopic (exact) mass is 452 g/mol. The van der Waals surface area contributed by atoms with Crippen LogP contribution in [0.15, 0.2) is 42.5 Å². The van der Waals surface area contributed by atoms with E-state index in [1.165, 1.54) is 0 Å². The van der Waals surface area contributed by atoms with E-state index in [0.717, 1.165) is 38.6 Å². The van der Waals surface area contributed by atoms with Crippen molar-refractivity contribution in [3.63, 3.8) is 0 Å². The molecule has 3 aromatic carbocycles. The third-order valence-electron chi connectivity index (χ3n) is 5.25. The van der Waals surface area contributed by atoms with Gasteiger partial charge in [0.1, 0.15) is 36.9 Å². The molecule has 0 N–H and O–H groups in total. The molecular formula is C27H32O6. The molecule has 0 radical (unpaired) electrons. The van der Waals surface area contributed by atoms with E-state index in [1.807, 2.05) is 57.2 Å². The Balaban J connectivity index is 2.00. The van der Waals surface area contributed by atoms with Gasteiger partial charge in [0.05, 0.1) is 0 Å². The number of carbonyl (C=O) groups excluding carboxylic acids is 2. The fraction of sp³-hybridized carbons (Fsp3) is 0.407. The molecule has 0 saturated heterocycles. The largest absolute Gasteiger partial charge is 0.488 e. The molecule has 0 aromatic heterocycles. The zero-order chi connectivity index (χ0) is 24.0. The molecule has 3 rings (SSSR count). The first kappa shape index (κ1) is 24.4. The smallest absolute Gasteiger partial charge is 0.305 e. The summed E-state index contributed by atoms with van der Waals surface area (Å²) in [4.78, 5) is 23.3. The summed E-state index contributed by atoms with van der Waals surface area (Å²) >= 11 is 0. The zero-order valence-corrected chi connectivity index (χ0v) is 20.0. The van der Waals surface area contributed by atoms with Gasteiger partial charge in [-0.25, -0.2) is 0 Å². The third-order valence-corrected chi connectivity index (χ3v) is 5.25. The summed E-state index contributed by atoms with van der Waals surface area (Å²) in [6.07, 6.45) is -0.0937. The van der Waals surface area contributed by atoms with E-state index in [1.54, 1.807) is 13.8 Å². The Hall–Kier alpha value is -3.28. The third kappa shape index (κ3) is 5.95. The highest BCUT2D eigenvalue weighted by Gasteiger charge is 2.19. The van der Waals surface area contributed by atoms with E-state index in [2.05, 4.69) is 6.07 Å². The number of carbonyl (C=O) groups is 2. The Morgan fingerprint density at radius 3 is 1.67 bits per heavy atom. The minimum atomic E-state index is -0.374. The van der Waals surface area contributed by atoms with Crippen molar-refractivity contribution in [2.24, 2.45) is 0 Å². The van der Waals surface area contributed by atoms with Crippen LogP contribution in [0.3, 0.4) is 0 Å². The van der Waals surface area contributed by atoms with Crippen LogP contribution >= 0.6 is 0 Å². The van der Waals surface area contributed by atoms with Crippen molar-refractivity contribution in [3.05, 3.63) is 48.0 Å². The zero-order valence-electron chi connectivity index (χ0n) is 20.0. The van der Waals surface area contributed by atoms with Crippen molar-refractivity contribution >= 4 is 33.5 Å². The Morgan fingerprint density at radius 1 is 0.727 bits per heavy atom. The highest BCUT2D eigenvalue weighted by Crippen LogP contribution is 2.43. The van der Waals surface area contributed by atoms with Gasteiger partial charge in [-0.3, -0.25) is 9.59 Å². The van der Waals surface area contributed by atoms with Gasteiger partial charge in [-0.05, 0) is 26.8 Å². The van der Waals surface area contributed by atoms with Crippen LogP contribution in [0, 0.1) is 6.92 Å². The Labute approximate surface area is 194 Å². The van der Waals surface area contributed by atoms with Crippen molar-refractivity contribution < 1.29 is 28.5 Å². The quantitative estimate of drug-likeness (QED) is 0.288. The van der Waals surface area contributed by atoms with Crippen molar-refractivity contribution in [1.29, 1.82) is 0 Å². The van der Waals surface area contributed by atoms with Gasteiger partial charge in [0.15, 0.2) is 0 Å².